The van der Waals surface area contributed by atoms with Crippen LogP contribution in [0.25, 0.3) is 22.4 Å². The molecule has 1 aromatic heterocycles. The molecule has 0 fully saturated rings. The van der Waals surface area contributed by atoms with Crippen LogP contribution in [0.1, 0.15) is 145 Å². The van der Waals surface area contributed by atoms with Crippen LogP contribution >= 0.6 is 0 Å². The first-order valence-electron chi connectivity index (χ1n) is 25.8. The first-order valence-corrected chi connectivity index (χ1v) is 25.8. The van der Waals surface area contributed by atoms with E-state index in [2.05, 4.69) is 265 Å². The van der Waals surface area contributed by atoms with E-state index in [1.54, 1.807) is 4.68 Å². The second-order valence-electron chi connectivity index (χ2n) is 20.4. The van der Waals surface area contributed by atoms with Gasteiger partial charge in [-0.2, -0.15) is 5.10 Å². The van der Waals surface area contributed by atoms with Crippen molar-refractivity contribution in [1.82, 2.24) is 15.0 Å². The molecule has 1 radical (unpaired) electrons. The van der Waals surface area contributed by atoms with E-state index in [0.717, 1.165) is 35.5 Å². The summed E-state index contributed by atoms with van der Waals surface area (Å²) in [5.41, 5.74) is 20.1. The molecule has 1 aliphatic carbocycles. The summed E-state index contributed by atoms with van der Waals surface area (Å²) in [4.78, 5) is 7.00. The van der Waals surface area contributed by atoms with Crippen molar-refractivity contribution in [3.63, 3.8) is 0 Å². The van der Waals surface area contributed by atoms with Crippen molar-refractivity contribution in [2.45, 2.75) is 118 Å². The Bertz CT molecular complexity index is 2930. The largest absolute Gasteiger partial charge is 0.479 e. The number of anilines is 5. The minimum atomic E-state index is -0.0875. The summed E-state index contributed by atoms with van der Waals surface area (Å²) in [6.07, 6.45) is 9.86. The molecule has 0 spiro atoms. The van der Waals surface area contributed by atoms with Gasteiger partial charge in [-0.05, 0) is 135 Å². The first-order chi connectivity index (χ1) is 34.4. The van der Waals surface area contributed by atoms with Gasteiger partial charge in [0, 0.05) is 62.8 Å². The van der Waals surface area contributed by atoms with E-state index >= 15 is 0 Å². The van der Waals surface area contributed by atoms with Crippen LogP contribution in [0.3, 0.4) is 0 Å². The van der Waals surface area contributed by atoms with Gasteiger partial charge in [0.1, 0.15) is 0 Å². The zero-order valence-corrected chi connectivity index (χ0v) is 45.9. The van der Waals surface area contributed by atoms with E-state index in [-0.39, 0.29) is 27.8 Å². The smallest absolute Gasteiger partial charge is 0.0476 e. The fourth-order valence-corrected chi connectivity index (χ4v) is 10.8. The maximum atomic E-state index is 4.51. The maximum Gasteiger partial charge on any atom is 0.0476 e. The Morgan fingerprint density at radius 3 is 1.42 bits per heavy atom. The third kappa shape index (κ3) is 10.3. The topological polar surface area (TPSA) is 40.4 Å². The van der Waals surface area contributed by atoms with Crippen molar-refractivity contribution in [3.8, 4) is 22.4 Å². The van der Waals surface area contributed by atoms with Crippen LogP contribution in [-0.4, -0.2) is 15.0 Å². The van der Waals surface area contributed by atoms with Crippen molar-refractivity contribution in [1.29, 1.82) is 0 Å². The molecule has 8 aromatic rings. The molecule has 2 aliphatic rings. The van der Waals surface area contributed by atoms with Crippen LogP contribution in [0.15, 0.2) is 176 Å². The molecule has 0 N–H and O–H groups in total. The number of aromatic nitrogens is 3. The molecule has 373 valence electrons. The summed E-state index contributed by atoms with van der Waals surface area (Å²) in [6, 6.07) is 58.9. The molecule has 6 nitrogen and oxygen atoms in total. The molecule has 0 bridgehead atoms. The number of hydrogen-bond acceptors (Lipinski definition) is 5. The van der Waals surface area contributed by atoms with Crippen LogP contribution in [0.4, 0.5) is 28.4 Å². The fraction of sp³-hybridized carbons (Fsp3) is 0.277. The molecular formula is C65H70AuN6-2. The number of fused-ring (bicyclic) bond motifs is 3. The van der Waals surface area contributed by atoms with Gasteiger partial charge in [0.05, 0.1) is 0 Å². The molecule has 7 heteroatoms. The Kier molecular flexibility index (Phi) is 16.3. The average molecular weight is 1130 g/mol. The van der Waals surface area contributed by atoms with Gasteiger partial charge in [0.2, 0.25) is 0 Å². The standard InChI is InChI=1S/C38H33N4.C27H37N2.Au/c1-3-38(4-2)35-24-29(37-27-41(40-39-37)26-28-14-8-5-9-15-28)20-22-33(35)34-23-21-32(25-36(34)38)42(30-16-10-6-11-17-30)31-18-12-7-13-19-31;1-18(2)22-11-9-12-23(19(3)4)26(22)28-15-16-29(17-28)27-24(20(5)6)13-10-14-25(27)21(7)8;/h5-25H,3-4,26H2,1-2H3;9-21H,1-8H3;/q2*-1;. The normalized spacial score (nSPS) is 13.4. The second kappa shape index (κ2) is 22.5. The van der Waals surface area contributed by atoms with Crippen LogP contribution < -0.4 is 14.7 Å². The molecule has 0 amide bonds. The van der Waals surface area contributed by atoms with Gasteiger partial charge in [-0.1, -0.05) is 195 Å². The summed E-state index contributed by atoms with van der Waals surface area (Å²) >= 11 is 0. The van der Waals surface area contributed by atoms with Crippen molar-refractivity contribution < 1.29 is 22.4 Å². The SMILES string of the molecule is CC(C)c1cccc(C(C)C)c1N1C=CN(c2c(C(C)C)cccc2C(C)C)[CH-]1.CCC1(CC)c2cc(-c3[c-]n(Cc4ccccc4)nn3)ccc2-c2ccc(N(c3ccccc3)c3ccccc3)cc21.[Au]. The fourth-order valence-electron chi connectivity index (χ4n) is 10.8. The van der Waals surface area contributed by atoms with E-state index in [4.69, 9.17) is 0 Å². The minimum Gasteiger partial charge on any atom is -0.479 e. The first kappa shape index (κ1) is 51.9. The molecule has 10 rings (SSSR count). The van der Waals surface area contributed by atoms with Gasteiger partial charge < -0.3 is 19.4 Å². The maximum absolute atomic E-state index is 4.51. The quantitative estimate of drug-likeness (QED) is 0.0802. The summed E-state index contributed by atoms with van der Waals surface area (Å²) in [5, 5.41) is 8.90. The van der Waals surface area contributed by atoms with Gasteiger partial charge in [-0.3, -0.25) is 0 Å². The minimum absolute atomic E-state index is 0. The third-order valence-electron chi connectivity index (χ3n) is 14.6. The van der Waals surface area contributed by atoms with Crippen molar-refractivity contribution in [3.05, 3.63) is 228 Å². The predicted octanol–water partition coefficient (Wildman–Crippen LogP) is 17.4. The van der Waals surface area contributed by atoms with E-state index in [0.29, 0.717) is 30.2 Å². The zero-order chi connectivity index (χ0) is 49.8. The van der Waals surface area contributed by atoms with Crippen molar-refractivity contribution in [2.24, 2.45) is 0 Å². The van der Waals surface area contributed by atoms with Crippen molar-refractivity contribution >= 4 is 28.4 Å². The van der Waals surface area contributed by atoms with Gasteiger partial charge >= 0.3 is 0 Å². The Morgan fingerprint density at radius 2 is 0.958 bits per heavy atom. The van der Waals surface area contributed by atoms with Gasteiger partial charge in [-0.25, -0.2) is 0 Å². The van der Waals surface area contributed by atoms with Crippen LogP contribution in [0.5, 0.6) is 0 Å². The Hall–Kier alpha value is -6.44. The molecule has 2 heterocycles. The Balaban J connectivity index is 0.000000204. The van der Waals surface area contributed by atoms with Crippen LogP contribution in [0, 0.1) is 12.9 Å². The number of nitrogens with zero attached hydrogens (tertiary/aromatic N) is 6. The molecule has 0 atom stereocenters. The van der Waals surface area contributed by atoms with E-state index in [1.165, 1.54) is 67.1 Å². The zero-order valence-electron chi connectivity index (χ0n) is 43.7. The van der Waals surface area contributed by atoms with E-state index in [9.17, 15) is 0 Å². The van der Waals surface area contributed by atoms with Crippen LogP contribution in [0.2, 0.25) is 0 Å². The van der Waals surface area contributed by atoms with Crippen molar-refractivity contribution in [2.75, 3.05) is 14.7 Å². The molecule has 1 aliphatic heterocycles. The molecule has 0 saturated heterocycles. The second-order valence-corrected chi connectivity index (χ2v) is 20.4. The number of para-hydroxylation sites is 4. The molecule has 7 aromatic carbocycles. The summed E-state index contributed by atoms with van der Waals surface area (Å²) in [6.45, 7) is 25.8. The molecule has 72 heavy (non-hydrogen) atoms. The Labute approximate surface area is 446 Å². The number of rotatable bonds is 14. The van der Waals surface area contributed by atoms with Gasteiger partial charge in [-0.15, -0.1) is 30.6 Å². The van der Waals surface area contributed by atoms with E-state index in [1.807, 2.05) is 18.2 Å². The monoisotopic (exact) mass is 1130 g/mol. The predicted molar refractivity (Wildman–Crippen MR) is 299 cm³/mol. The summed E-state index contributed by atoms with van der Waals surface area (Å²) < 4.78 is 1.80. The van der Waals surface area contributed by atoms with Gasteiger partial charge in [0.15, 0.2) is 0 Å². The number of benzene rings is 7. The summed E-state index contributed by atoms with van der Waals surface area (Å²) in [7, 11) is 0. The molecular weight excluding hydrogens is 1060 g/mol. The average Bonchev–Trinajstić information content (AvgIpc) is 4.14. The van der Waals surface area contributed by atoms with E-state index < -0.39 is 0 Å². The van der Waals surface area contributed by atoms with Crippen LogP contribution in [-0.2, 0) is 34.3 Å². The molecule has 0 unspecified atom stereocenters. The third-order valence-corrected chi connectivity index (χ3v) is 14.6. The van der Waals surface area contributed by atoms with Gasteiger partial charge in [0.25, 0.3) is 0 Å². The summed E-state index contributed by atoms with van der Waals surface area (Å²) in [5.74, 6) is 1.92. The molecule has 0 saturated carbocycles. The Morgan fingerprint density at radius 1 is 0.514 bits per heavy atom. The number of hydrogen-bond donors (Lipinski definition) is 0.